The Morgan fingerprint density at radius 3 is 2.65 bits per heavy atom. The Hall–Kier alpha value is -0.610. The molecule has 0 bridgehead atoms. The number of β-amino-alcohol motifs (C(OH)–C–C–N with tert-alkyl or cyclic N) is 1. The number of aliphatic hydroxyl groups is 1. The van der Waals surface area contributed by atoms with Crippen LogP contribution >= 0.6 is 0 Å². The monoisotopic (exact) mass is 240 g/mol. The average Bonchev–Trinajstić information content (AvgIpc) is 2.68. The van der Waals surface area contributed by atoms with Gasteiger partial charge in [-0.25, -0.2) is 0 Å². The summed E-state index contributed by atoms with van der Waals surface area (Å²) in [4.78, 5) is 13.8. The van der Waals surface area contributed by atoms with Crippen LogP contribution in [-0.4, -0.2) is 47.2 Å². The summed E-state index contributed by atoms with van der Waals surface area (Å²) in [6, 6.07) is 0.401. The molecule has 0 atom stereocenters. The molecule has 98 valence electrons. The van der Waals surface area contributed by atoms with Crippen LogP contribution in [-0.2, 0) is 4.79 Å². The molecule has 0 radical (unpaired) electrons. The molecular formula is C13H24N2O2. The number of carbonyl (C=O) groups is 1. The number of likely N-dealkylation sites (tertiary alicyclic amines) is 1. The van der Waals surface area contributed by atoms with Crippen LogP contribution < -0.4 is 5.32 Å². The molecule has 2 aliphatic rings. The van der Waals surface area contributed by atoms with Crippen molar-refractivity contribution in [1.29, 1.82) is 0 Å². The van der Waals surface area contributed by atoms with Gasteiger partial charge in [0.05, 0.1) is 12.1 Å². The minimum Gasteiger partial charge on any atom is -0.387 e. The van der Waals surface area contributed by atoms with Gasteiger partial charge >= 0.3 is 0 Å². The third kappa shape index (κ3) is 3.42. The molecule has 4 nitrogen and oxygen atoms in total. The van der Waals surface area contributed by atoms with E-state index in [1.54, 1.807) is 0 Å². The Labute approximate surface area is 103 Å². The number of hydrogen-bond acceptors (Lipinski definition) is 3. The summed E-state index contributed by atoms with van der Waals surface area (Å²) < 4.78 is 0. The lowest BCUT2D eigenvalue weighted by atomic mass is 9.89. The van der Waals surface area contributed by atoms with Gasteiger partial charge in [0.1, 0.15) is 0 Å². The summed E-state index contributed by atoms with van der Waals surface area (Å²) in [5.74, 6) is 0.121. The SMILES string of the molecule is CCCC1(O)CN(CC(=O)NC2CCCC2)C1. The van der Waals surface area contributed by atoms with E-state index < -0.39 is 5.60 Å². The highest BCUT2D eigenvalue weighted by Gasteiger charge is 2.40. The fraction of sp³-hybridized carbons (Fsp3) is 0.923. The molecule has 0 unspecified atom stereocenters. The Balaban J connectivity index is 1.64. The highest BCUT2D eigenvalue weighted by molar-refractivity contribution is 5.78. The summed E-state index contributed by atoms with van der Waals surface area (Å²) >= 11 is 0. The van der Waals surface area contributed by atoms with Gasteiger partial charge in [-0.3, -0.25) is 9.69 Å². The Bertz CT molecular complexity index is 269. The largest absolute Gasteiger partial charge is 0.387 e. The van der Waals surface area contributed by atoms with Crippen molar-refractivity contribution < 1.29 is 9.90 Å². The van der Waals surface area contributed by atoms with E-state index in [0.29, 0.717) is 25.7 Å². The van der Waals surface area contributed by atoms with Crippen molar-refractivity contribution in [3.05, 3.63) is 0 Å². The summed E-state index contributed by atoms with van der Waals surface area (Å²) in [5, 5.41) is 13.1. The highest BCUT2D eigenvalue weighted by atomic mass is 16.3. The van der Waals surface area contributed by atoms with Crippen molar-refractivity contribution in [3.63, 3.8) is 0 Å². The van der Waals surface area contributed by atoms with E-state index in [1.165, 1.54) is 12.8 Å². The van der Waals surface area contributed by atoms with Crippen LogP contribution in [0.15, 0.2) is 0 Å². The zero-order valence-corrected chi connectivity index (χ0v) is 10.7. The Kier molecular flexibility index (Phi) is 4.05. The molecule has 2 rings (SSSR count). The fourth-order valence-electron chi connectivity index (χ4n) is 3.07. The van der Waals surface area contributed by atoms with Crippen molar-refractivity contribution in [2.75, 3.05) is 19.6 Å². The van der Waals surface area contributed by atoms with Gasteiger partial charge in [-0.1, -0.05) is 26.2 Å². The minimum atomic E-state index is -0.525. The fourth-order valence-corrected chi connectivity index (χ4v) is 3.07. The van der Waals surface area contributed by atoms with Crippen LogP contribution in [0, 0.1) is 0 Å². The lowest BCUT2D eigenvalue weighted by Crippen LogP contribution is -2.63. The second-order valence-electron chi connectivity index (χ2n) is 5.67. The molecule has 1 saturated carbocycles. The van der Waals surface area contributed by atoms with Gasteiger partial charge in [0, 0.05) is 19.1 Å². The quantitative estimate of drug-likeness (QED) is 0.750. The van der Waals surface area contributed by atoms with E-state index in [0.717, 1.165) is 25.7 Å². The molecule has 0 aromatic rings. The van der Waals surface area contributed by atoms with E-state index in [4.69, 9.17) is 0 Å². The first-order chi connectivity index (χ1) is 8.11. The molecule has 1 aliphatic carbocycles. The zero-order chi connectivity index (χ0) is 12.3. The number of hydrogen-bond donors (Lipinski definition) is 2. The van der Waals surface area contributed by atoms with Gasteiger partial charge in [-0.15, -0.1) is 0 Å². The maximum absolute atomic E-state index is 11.7. The Morgan fingerprint density at radius 1 is 1.41 bits per heavy atom. The van der Waals surface area contributed by atoms with E-state index in [9.17, 15) is 9.90 Å². The summed E-state index contributed by atoms with van der Waals surface area (Å²) in [6.45, 7) is 3.83. The van der Waals surface area contributed by atoms with E-state index in [-0.39, 0.29) is 5.91 Å². The van der Waals surface area contributed by atoms with Crippen molar-refractivity contribution in [3.8, 4) is 0 Å². The number of rotatable bonds is 5. The number of carbonyl (C=O) groups excluding carboxylic acids is 1. The van der Waals surface area contributed by atoms with Crippen LogP contribution in [0.5, 0.6) is 0 Å². The maximum Gasteiger partial charge on any atom is 0.234 e. The lowest BCUT2D eigenvalue weighted by molar-refractivity contribution is -0.134. The number of nitrogens with one attached hydrogen (secondary N) is 1. The Morgan fingerprint density at radius 2 is 2.06 bits per heavy atom. The van der Waals surface area contributed by atoms with Crippen LogP contribution in [0.3, 0.4) is 0 Å². The molecule has 2 fully saturated rings. The second kappa shape index (κ2) is 5.36. The van der Waals surface area contributed by atoms with Gasteiger partial charge in [-0.05, 0) is 19.3 Å². The second-order valence-corrected chi connectivity index (χ2v) is 5.67. The predicted octanol–water partition coefficient (Wildman–Crippen LogP) is 0.892. The summed E-state index contributed by atoms with van der Waals surface area (Å²) in [5.41, 5.74) is -0.525. The average molecular weight is 240 g/mol. The van der Waals surface area contributed by atoms with E-state index in [1.807, 2.05) is 4.90 Å². The van der Waals surface area contributed by atoms with Gasteiger partial charge in [0.15, 0.2) is 0 Å². The van der Waals surface area contributed by atoms with E-state index >= 15 is 0 Å². The van der Waals surface area contributed by atoms with Crippen LogP contribution in [0.25, 0.3) is 0 Å². The molecule has 1 amide bonds. The molecule has 2 N–H and O–H groups in total. The van der Waals surface area contributed by atoms with Crippen molar-refractivity contribution in [2.45, 2.75) is 57.1 Å². The first-order valence-electron chi connectivity index (χ1n) is 6.85. The smallest absolute Gasteiger partial charge is 0.234 e. The van der Waals surface area contributed by atoms with Crippen LogP contribution in [0.2, 0.25) is 0 Å². The molecule has 1 saturated heterocycles. The number of amides is 1. The molecule has 0 aromatic heterocycles. The molecule has 0 spiro atoms. The number of nitrogens with zero attached hydrogens (tertiary/aromatic N) is 1. The first-order valence-corrected chi connectivity index (χ1v) is 6.85. The van der Waals surface area contributed by atoms with Crippen LogP contribution in [0.4, 0.5) is 0 Å². The molecule has 0 aromatic carbocycles. The van der Waals surface area contributed by atoms with Gasteiger partial charge < -0.3 is 10.4 Å². The van der Waals surface area contributed by atoms with Gasteiger partial charge in [0.2, 0.25) is 5.91 Å². The third-order valence-corrected chi connectivity index (χ3v) is 3.84. The topological polar surface area (TPSA) is 52.6 Å². The minimum absolute atomic E-state index is 0.121. The van der Waals surface area contributed by atoms with Crippen LogP contribution in [0.1, 0.15) is 45.4 Å². The van der Waals surface area contributed by atoms with Gasteiger partial charge in [-0.2, -0.15) is 0 Å². The van der Waals surface area contributed by atoms with Crippen molar-refractivity contribution >= 4 is 5.91 Å². The maximum atomic E-state index is 11.7. The zero-order valence-electron chi connectivity index (χ0n) is 10.7. The summed E-state index contributed by atoms with van der Waals surface area (Å²) in [6.07, 6.45) is 6.58. The van der Waals surface area contributed by atoms with Gasteiger partial charge in [0.25, 0.3) is 0 Å². The standard InChI is InChI=1S/C13H24N2O2/c1-2-7-13(17)9-15(10-13)8-12(16)14-11-5-3-4-6-11/h11,17H,2-10H2,1H3,(H,14,16). The van der Waals surface area contributed by atoms with E-state index in [2.05, 4.69) is 12.2 Å². The van der Waals surface area contributed by atoms with Crippen molar-refractivity contribution in [2.24, 2.45) is 0 Å². The third-order valence-electron chi connectivity index (χ3n) is 3.84. The molecule has 1 heterocycles. The molecule has 4 heteroatoms. The molecule has 1 aliphatic heterocycles. The first kappa shape index (κ1) is 12.8. The molecule has 17 heavy (non-hydrogen) atoms. The summed E-state index contributed by atoms with van der Waals surface area (Å²) in [7, 11) is 0. The normalized spacial score (nSPS) is 24.6. The predicted molar refractivity (Wildman–Crippen MR) is 66.7 cm³/mol. The molecular weight excluding hydrogens is 216 g/mol. The highest BCUT2D eigenvalue weighted by Crippen LogP contribution is 2.25. The van der Waals surface area contributed by atoms with Crippen molar-refractivity contribution in [1.82, 2.24) is 10.2 Å². The lowest BCUT2D eigenvalue weighted by Gasteiger charge is -2.46.